The number of aromatic nitrogens is 1. The van der Waals surface area contributed by atoms with Crippen LogP contribution in [0.15, 0.2) is 24.3 Å². The summed E-state index contributed by atoms with van der Waals surface area (Å²) in [5, 5.41) is 14.7. The van der Waals surface area contributed by atoms with Crippen molar-refractivity contribution in [1.29, 1.82) is 0 Å². The molecular formula is C18H24ClN3O2. The van der Waals surface area contributed by atoms with Gasteiger partial charge < -0.3 is 21.1 Å². The Kier molecular flexibility index (Phi) is 4.60. The first-order chi connectivity index (χ1) is 11.2. The van der Waals surface area contributed by atoms with E-state index < -0.39 is 5.60 Å². The highest BCUT2D eigenvalue weighted by Gasteiger charge is 2.36. The minimum Gasteiger partial charge on any atom is -0.390 e. The van der Waals surface area contributed by atoms with E-state index in [0.29, 0.717) is 17.1 Å². The van der Waals surface area contributed by atoms with Crippen LogP contribution < -0.4 is 11.1 Å². The Morgan fingerprint density at radius 2 is 2.12 bits per heavy atom. The molecule has 1 saturated carbocycles. The van der Waals surface area contributed by atoms with Crippen LogP contribution in [0.3, 0.4) is 0 Å². The lowest BCUT2D eigenvalue weighted by Crippen LogP contribution is -2.53. The van der Waals surface area contributed by atoms with Gasteiger partial charge in [-0.15, -0.1) is 0 Å². The number of halogens is 1. The molecule has 24 heavy (non-hydrogen) atoms. The molecule has 0 spiro atoms. The second kappa shape index (κ2) is 6.39. The van der Waals surface area contributed by atoms with Crippen LogP contribution in [0.4, 0.5) is 0 Å². The highest BCUT2D eigenvalue weighted by atomic mass is 35.5. The molecule has 5 nitrogen and oxygen atoms in total. The Bertz CT molecular complexity index is 750. The number of carbonyl (C=O) groups is 1. The van der Waals surface area contributed by atoms with Crippen LogP contribution in [0.5, 0.6) is 0 Å². The molecule has 3 rings (SSSR count). The standard InChI is InChI=1S/C18H24ClN3O2/c1-18(2,24)11-3-5-15(13(20)9-11)22-17(23)16-8-10-7-12(19)4-6-14(10)21-16/h4,6-8,11,13,15,21,24H,3,5,9,20H2,1-2H3,(H,22,23)/t11-,13+,15-/m0/s1. The summed E-state index contributed by atoms with van der Waals surface area (Å²) in [6.45, 7) is 3.64. The van der Waals surface area contributed by atoms with Crippen LogP contribution in [0, 0.1) is 5.92 Å². The third kappa shape index (κ3) is 3.58. The van der Waals surface area contributed by atoms with Crippen LogP contribution in [0.2, 0.25) is 5.02 Å². The van der Waals surface area contributed by atoms with Gasteiger partial charge in [0, 0.05) is 28.0 Å². The highest BCUT2D eigenvalue weighted by molar-refractivity contribution is 6.31. The average molecular weight is 350 g/mol. The van der Waals surface area contributed by atoms with Crippen molar-refractivity contribution in [1.82, 2.24) is 10.3 Å². The van der Waals surface area contributed by atoms with Crippen LogP contribution >= 0.6 is 11.6 Å². The smallest absolute Gasteiger partial charge is 0.268 e. The van der Waals surface area contributed by atoms with Gasteiger partial charge in [-0.1, -0.05) is 11.6 Å². The zero-order valence-corrected chi connectivity index (χ0v) is 14.7. The van der Waals surface area contributed by atoms with Gasteiger partial charge in [-0.3, -0.25) is 4.79 Å². The summed E-state index contributed by atoms with van der Waals surface area (Å²) in [4.78, 5) is 15.6. The number of amides is 1. The van der Waals surface area contributed by atoms with E-state index in [1.807, 2.05) is 26.0 Å². The zero-order valence-electron chi connectivity index (χ0n) is 14.0. The first-order valence-electron chi connectivity index (χ1n) is 8.31. The first-order valence-corrected chi connectivity index (χ1v) is 8.69. The van der Waals surface area contributed by atoms with Crippen LogP contribution in [0.25, 0.3) is 10.9 Å². The van der Waals surface area contributed by atoms with E-state index in [2.05, 4.69) is 10.3 Å². The molecule has 1 amide bonds. The maximum absolute atomic E-state index is 12.5. The molecule has 1 aliphatic rings. The minimum absolute atomic E-state index is 0.0777. The Morgan fingerprint density at radius 3 is 2.79 bits per heavy atom. The van der Waals surface area contributed by atoms with Gasteiger partial charge in [-0.25, -0.2) is 0 Å². The molecule has 3 atom stereocenters. The molecule has 0 aliphatic heterocycles. The van der Waals surface area contributed by atoms with Gasteiger partial charge in [-0.2, -0.15) is 0 Å². The number of rotatable bonds is 3. The molecule has 0 radical (unpaired) electrons. The average Bonchev–Trinajstić information content (AvgIpc) is 2.91. The van der Waals surface area contributed by atoms with E-state index in [9.17, 15) is 9.90 Å². The van der Waals surface area contributed by atoms with E-state index in [-0.39, 0.29) is 23.9 Å². The summed E-state index contributed by atoms with van der Waals surface area (Å²) in [7, 11) is 0. The first kappa shape index (κ1) is 17.3. The predicted molar refractivity (Wildman–Crippen MR) is 96.2 cm³/mol. The molecule has 1 aromatic carbocycles. The molecule has 1 aliphatic carbocycles. The molecule has 5 N–H and O–H groups in total. The summed E-state index contributed by atoms with van der Waals surface area (Å²) in [5.74, 6) is 0.000325. The summed E-state index contributed by atoms with van der Waals surface area (Å²) in [6, 6.07) is 7.03. The number of carbonyl (C=O) groups excluding carboxylic acids is 1. The highest BCUT2D eigenvalue weighted by Crippen LogP contribution is 2.32. The van der Waals surface area contributed by atoms with Crippen LogP contribution in [0.1, 0.15) is 43.6 Å². The SMILES string of the molecule is CC(C)(O)[C@H]1CC[C@H](NC(=O)c2cc3cc(Cl)ccc3[nH]2)[C@H](N)C1. The number of hydrogen-bond donors (Lipinski definition) is 4. The maximum Gasteiger partial charge on any atom is 0.268 e. The van der Waals surface area contributed by atoms with Crippen molar-refractivity contribution < 1.29 is 9.90 Å². The Morgan fingerprint density at radius 1 is 1.38 bits per heavy atom. The van der Waals surface area contributed by atoms with Gasteiger partial charge in [0.15, 0.2) is 0 Å². The Balaban J connectivity index is 1.68. The van der Waals surface area contributed by atoms with Gasteiger partial charge in [0.05, 0.1) is 5.60 Å². The molecule has 0 bridgehead atoms. The van der Waals surface area contributed by atoms with Crippen molar-refractivity contribution in [2.75, 3.05) is 0 Å². The lowest BCUT2D eigenvalue weighted by atomic mass is 9.75. The number of H-pyrrole nitrogens is 1. The molecule has 0 unspecified atom stereocenters. The van der Waals surface area contributed by atoms with Crippen molar-refractivity contribution in [2.45, 2.75) is 50.8 Å². The molecule has 1 heterocycles. The van der Waals surface area contributed by atoms with E-state index >= 15 is 0 Å². The van der Waals surface area contributed by atoms with Crippen LogP contribution in [-0.4, -0.2) is 33.7 Å². The van der Waals surface area contributed by atoms with Crippen molar-refractivity contribution in [3.8, 4) is 0 Å². The molecule has 130 valence electrons. The quantitative estimate of drug-likeness (QED) is 0.686. The summed E-state index contributed by atoms with van der Waals surface area (Å²) < 4.78 is 0. The second-order valence-electron chi connectivity index (χ2n) is 7.32. The number of nitrogens with one attached hydrogen (secondary N) is 2. The number of fused-ring (bicyclic) bond motifs is 1. The summed E-state index contributed by atoms with van der Waals surface area (Å²) >= 11 is 5.98. The monoisotopic (exact) mass is 349 g/mol. The third-order valence-corrected chi connectivity index (χ3v) is 5.28. The normalized spacial score (nSPS) is 25.0. The summed E-state index contributed by atoms with van der Waals surface area (Å²) in [5.41, 5.74) is 6.88. The number of aromatic amines is 1. The fourth-order valence-corrected chi connectivity index (χ4v) is 3.68. The molecule has 6 heteroatoms. The maximum atomic E-state index is 12.5. The topological polar surface area (TPSA) is 91.1 Å². The van der Waals surface area contributed by atoms with E-state index in [1.165, 1.54) is 0 Å². The number of aliphatic hydroxyl groups is 1. The van der Waals surface area contributed by atoms with E-state index in [4.69, 9.17) is 17.3 Å². The van der Waals surface area contributed by atoms with Crippen molar-refractivity contribution in [3.05, 3.63) is 35.0 Å². The van der Waals surface area contributed by atoms with Crippen molar-refractivity contribution >= 4 is 28.4 Å². The van der Waals surface area contributed by atoms with Gasteiger partial charge in [0.25, 0.3) is 5.91 Å². The number of benzene rings is 1. The van der Waals surface area contributed by atoms with Crippen LogP contribution in [-0.2, 0) is 0 Å². The summed E-state index contributed by atoms with van der Waals surface area (Å²) in [6.07, 6.45) is 2.33. The number of nitrogens with two attached hydrogens (primary N) is 1. The zero-order chi connectivity index (χ0) is 17.5. The molecule has 2 aromatic rings. The van der Waals surface area contributed by atoms with Gasteiger partial charge in [0.1, 0.15) is 5.69 Å². The van der Waals surface area contributed by atoms with Gasteiger partial charge in [0.2, 0.25) is 0 Å². The van der Waals surface area contributed by atoms with Crippen molar-refractivity contribution in [2.24, 2.45) is 11.7 Å². The van der Waals surface area contributed by atoms with Gasteiger partial charge >= 0.3 is 0 Å². The predicted octanol–water partition coefficient (Wildman–Crippen LogP) is 2.82. The van der Waals surface area contributed by atoms with E-state index in [0.717, 1.165) is 23.7 Å². The molecule has 1 fully saturated rings. The van der Waals surface area contributed by atoms with E-state index in [1.54, 1.807) is 12.1 Å². The lowest BCUT2D eigenvalue weighted by molar-refractivity contribution is -0.00651. The molecular weight excluding hydrogens is 326 g/mol. The Hall–Kier alpha value is -1.56. The Labute approximate surface area is 146 Å². The minimum atomic E-state index is -0.733. The molecule has 1 aromatic heterocycles. The molecule has 0 saturated heterocycles. The largest absolute Gasteiger partial charge is 0.390 e. The fourth-order valence-electron chi connectivity index (χ4n) is 3.50. The van der Waals surface area contributed by atoms with Crippen molar-refractivity contribution in [3.63, 3.8) is 0 Å². The second-order valence-corrected chi connectivity index (χ2v) is 7.76. The third-order valence-electron chi connectivity index (χ3n) is 5.04. The number of hydrogen-bond acceptors (Lipinski definition) is 3. The van der Waals surface area contributed by atoms with Gasteiger partial charge in [-0.05, 0) is 63.3 Å². The lowest BCUT2D eigenvalue weighted by Gasteiger charge is -2.39. The fraction of sp³-hybridized carbons (Fsp3) is 0.500.